The van der Waals surface area contributed by atoms with Gasteiger partial charge in [0.2, 0.25) is 5.91 Å². The second-order valence-electron chi connectivity index (χ2n) is 10.7. The number of hydrogen-bond donors (Lipinski definition) is 2. The van der Waals surface area contributed by atoms with E-state index < -0.39 is 35.9 Å². The quantitative estimate of drug-likeness (QED) is 0.262. The number of nitrogens with one attached hydrogen (secondary N) is 1. The molecule has 40 heavy (non-hydrogen) atoms. The van der Waals surface area contributed by atoms with Crippen molar-refractivity contribution in [3.05, 3.63) is 52.0 Å². The number of carboxylic acid groups (broad SMARTS) is 1. The van der Waals surface area contributed by atoms with Crippen molar-refractivity contribution in [3.63, 3.8) is 0 Å². The van der Waals surface area contributed by atoms with Crippen molar-refractivity contribution in [1.82, 2.24) is 15.2 Å². The number of rotatable bonds is 16. The number of thiazole rings is 1. The van der Waals surface area contributed by atoms with E-state index >= 15 is 0 Å². The monoisotopic (exact) mass is 573 g/mol. The number of unbranched alkanes of at least 4 members (excludes halogenated alkanes) is 1. The van der Waals surface area contributed by atoms with Crippen LogP contribution in [0.3, 0.4) is 0 Å². The summed E-state index contributed by atoms with van der Waals surface area (Å²) in [6.07, 6.45) is 2.57. The van der Waals surface area contributed by atoms with Crippen LogP contribution in [-0.4, -0.2) is 57.9 Å². The molecule has 1 heterocycles. The minimum absolute atomic E-state index is 0.0429. The molecule has 9 nitrogen and oxygen atoms in total. The van der Waals surface area contributed by atoms with Gasteiger partial charge in [0.05, 0.1) is 5.92 Å². The van der Waals surface area contributed by atoms with E-state index in [9.17, 15) is 24.3 Å². The minimum atomic E-state index is -0.926. The molecule has 0 saturated heterocycles. The van der Waals surface area contributed by atoms with Gasteiger partial charge < -0.3 is 20.1 Å². The van der Waals surface area contributed by atoms with Gasteiger partial charge in [0.15, 0.2) is 6.10 Å². The zero-order valence-corrected chi connectivity index (χ0v) is 25.2. The van der Waals surface area contributed by atoms with Crippen LogP contribution >= 0.6 is 11.3 Å². The fourth-order valence-corrected chi connectivity index (χ4v) is 5.44. The summed E-state index contributed by atoms with van der Waals surface area (Å²) in [6.45, 7) is 9.02. The van der Waals surface area contributed by atoms with Crippen LogP contribution in [0.1, 0.15) is 93.9 Å². The largest absolute Gasteiger partial charge is 0.481 e. The van der Waals surface area contributed by atoms with Crippen molar-refractivity contribution >= 4 is 35.1 Å². The number of aliphatic carboxylic acids is 1. The number of amides is 2. The summed E-state index contributed by atoms with van der Waals surface area (Å²) in [6, 6.07) is 8.96. The first-order valence-electron chi connectivity index (χ1n) is 13.9. The molecule has 220 valence electrons. The van der Waals surface area contributed by atoms with Crippen LogP contribution in [0.5, 0.6) is 0 Å². The Labute approximate surface area is 241 Å². The maximum atomic E-state index is 13.2. The number of esters is 1. The molecule has 0 fully saturated rings. The van der Waals surface area contributed by atoms with Gasteiger partial charge in [0.25, 0.3) is 5.91 Å². The summed E-state index contributed by atoms with van der Waals surface area (Å²) in [5.74, 6) is -2.31. The summed E-state index contributed by atoms with van der Waals surface area (Å²) >= 11 is 1.22. The van der Waals surface area contributed by atoms with Crippen molar-refractivity contribution < 1.29 is 29.0 Å². The molecule has 1 aromatic heterocycles. The van der Waals surface area contributed by atoms with Gasteiger partial charge in [0.1, 0.15) is 10.7 Å². The maximum Gasteiger partial charge on any atom is 0.306 e. The molecule has 10 heteroatoms. The lowest BCUT2D eigenvalue weighted by Crippen LogP contribution is -2.41. The van der Waals surface area contributed by atoms with Gasteiger partial charge in [-0.1, -0.05) is 64.4 Å². The molecule has 0 radical (unpaired) electrons. The first-order valence-corrected chi connectivity index (χ1v) is 14.8. The molecule has 2 rings (SSSR count). The number of carbonyl (C=O) groups excluding carboxylic acids is 3. The van der Waals surface area contributed by atoms with Gasteiger partial charge in [0, 0.05) is 44.3 Å². The lowest BCUT2D eigenvalue weighted by molar-refractivity contribution is -0.148. The SMILES string of the molecule is CCCCC(=O)N(C)C(C[C@@H](OC(C)=O)c1nc(C(=O)N[C@@H](Cc2ccccc2)C[C@H](C)C(=O)O)cs1)C(C)C. The third kappa shape index (κ3) is 10.4. The maximum absolute atomic E-state index is 13.2. The predicted octanol–water partition coefficient (Wildman–Crippen LogP) is 5.26. The number of hydrogen-bond acceptors (Lipinski definition) is 7. The van der Waals surface area contributed by atoms with Crippen LogP contribution in [0.4, 0.5) is 0 Å². The van der Waals surface area contributed by atoms with Gasteiger partial charge in [-0.15, -0.1) is 11.3 Å². The van der Waals surface area contributed by atoms with Gasteiger partial charge >= 0.3 is 11.9 Å². The Hall–Kier alpha value is -3.27. The summed E-state index contributed by atoms with van der Waals surface area (Å²) in [5.41, 5.74) is 1.16. The molecule has 4 atom stereocenters. The fourth-order valence-electron chi connectivity index (χ4n) is 4.60. The topological polar surface area (TPSA) is 126 Å². The number of ether oxygens (including phenoxy) is 1. The van der Waals surface area contributed by atoms with Gasteiger partial charge in [-0.3, -0.25) is 19.2 Å². The molecule has 2 N–H and O–H groups in total. The molecule has 0 aliphatic rings. The Morgan fingerprint density at radius 3 is 2.35 bits per heavy atom. The summed E-state index contributed by atoms with van der Waals surface area (Å²) < 4.78 is 5.63. The Morgan fingerprint density at radius 1 is 1.10 bits per heavy atom. The first kappa shape index (κ1) is 32.9. The van der Waals surface area contributed by atoms with Gasteiger partial charge in [-0.2, -0.15) is 0 Å². The average molecular weight is 574 g/mol. The number of aromatic nitrogens is 1. The van der Waals surface area contributed by atoms with E-state index in [-0.39, 0.29) is 30.0 Å². The summed E-state index contributed by atoms with van der Waals surface area (Å²) in [4.78, 5) is 55.7. The first-order chi connectivity index (χ1) is 18.9. The van der Waals surface area contributed by atoms with Crippen LogP contribution in [0.2, 0.25) is 0 Å². The van der Waals surface area contributed by atoms with Crippen molar-refractivity contribution in [2.24, 2.45) is 11.8 Å². The molecule has 1 aromatic carbocycles. The molecule has 2 aromatic rings. The van der Waals surface area contributed by atoms with E-state index in [2.05, 4.69) is 10.3 Å². The number of nitrogens with zero attached hydrogens (tertiary/aromatic N) is 2. The number of benzene rings is 1. The highest BCUT2D eigenvalue weighted by atomic mass is 32.1. The van der Waals surface area contributed by atoms with Crippen LogP contribution in [0, 0.1) is 11.8 Å². The number of carboxylic acids is 1. The van der Waals surface area contributed by atoms with E-state index in [1.807, 2.05) is 51.1 Å². The van der Waals surface area contributed by atoms with Gasteiger partial charge in [-0.25, -0.2) is 4.98 Å². The number of carbonyl (C=O) groups is 4. The van der Waals surface area contributed by atoms with Gasteiger partial charge in [-0.05, 0) is 30.7 Å². The van der Waals surface area contributed by atoms with Crippen LogP contribution < -0.4 is 5.32 Å². The molecule has 1 unspecified atom stereocenters. The molecule has 0 bridgehead atoms. The Kier molecular flexibility index (Phi) is 13.3. The molecular weight excluding hydrogens is 530 g/mol. The second kappa shape index (κ2) is 16.1. The third-order valence-corrected chi connectivity index (χ3v) is 7.85. The van der Waals surface area contributed by atoms with E-state index in [4.69, 9.17) is 4.74 Å². The fraction of sp³-hybridized carbons (Fsp3) is 0.567. The highest BCUT2D eigenvalue weighted by Gasteiger charge is 2.31. The lowest BCUT2D eigenvalue weighted by Gasteiger charge is -2.33. The summed E-state index contributed by atoms with van der Waals surface area (Å²) in [7, 11) is 1.78. The second-order valence-corrected chi connectivity index (χ2v) is 11.5. The standard InChI is InChI=1S/C30H43N3O6S/c1-7-8-14-27(35)33(6)25(19(2)3)17-26(39-21(5)34)29-32-24(18-40-29)28(36)31-23(15-20(4)30(37)38)16-22-12-10-9-11-13-22/h9-13,18-20,23,25-26H,7-8,14-17H2,1-6H3,(H,31,36)(H,37,38)/t20-,23+,25?,26+/m0/s1. The average Bonchev–Trinajstić information content (AvgIpc) is 3.40. The zero-order valence-electron chi connectivity index (χ0n) is 24.4. The van der Waals surface area contributed by atoms with Crippen molar-refractivity contribution in [2.45, 2.75) is 91.3 Å². The molecular formula is C30H43N3O6S. The smallest absolute Gasteiger partial charge is 0.306 e. The molecule has 0 aliphatic heterocycles. The van der Waals surface area contributed by atoms with Crippen molar-refractivity contribution in [1.29, 1.82) is 0 Å². The van der Waals surface area contributed by atoms with E-state index in [0.717, 1.165) is 18.4 Å². The zero-order chi connectivity index (χ0) is 29.8. The highest BCUT2D eigenvalue weighted by molar-refractivity contribution is 7.09. The molecule has 0 spiro atoms. The predicted molar refractivity (Wildman–Crippen MR) is 155 cm³/mol. The van der Waals surface area contributed by atoms with Crippen molar-refractivity contribution in [3.8, 4) is 0 Å². The van der Waals surface area contributed by atoms with E-state index in [1.165, 1.54) is 18.3 Å². The van der Waals surface area contributed by atoms with E-state index in [1.54, 1.807) is 24.3 Å². The van der Waals surface area contributed by atoms with E-state index in [0.29, 0.717) is 24.3 Å². The van der Waals surface area contributed by atoms with Crippen LogP contribution in [0.15, 0.2) is 35.7 Å². The highest BCUT2D eigenvalue weighted by Crippen LogP contribution is 2.30. The molecule has 0 saturated carbocycles. The molecule has 2 amide bonds. The Bertz CT molecular complexity index is 1120. The Balaban J connectivity index is 2.23. The Morgan fingerprint density at radius 2 is 1.77 bits per heavy atom. The van der Waals surface area contributed by atoms with Crippen LogP contribution in [0.25, 0.3) is 0 Å². The van der Waals surface area contributed by atoms with Crippen LogP contribution in [-0.2, 0) is 25.5 Å². The molecule has 0 aliphatic carbocycles. The third-order valence-electron chi connectivity index (χ3n) is 6.92. The minimum Gasteiger partial charge on any atom is -0.481 e. The summed E-state index contributed by atoms with van der Waals surface area (Å²) in [5, 5.41) is 14.5. The lowest BCUT2D eigenvalue weighted by atomic mass is 9.96. The normalized spacial score (nSPS) is 14.2. The van der Waals surface area contributed by atoms with Crippen molar-refractivity contribution in [2.75, 3.05) is 7.05 Å².